The van der Waals surface area contributed by atoms with Crippen LogP contribution in [0.4, 0.5) is 0 Å². The molecule has 1 N–H and O–H groups in total. The van der Waals surface area contributed by atoms with Crippen LogP contribution in [0.15, 0.2) is 48.5 Å². The Bertz CT molecular complexity index is 926. The molecular formula is C23H26N2O3. The number of nitrogens with one attached hydrogen (secondary N) is 1. The molecule has 3 aromatic rings. The molecule has 5 nitrogen and oxygen atoms in total. The number of hydrogen-bond acceptors (Lipinski definition) is 4. The topological polar surface area (TPSA) is 54.6 Å². The maximum atomic E-state index is 12.0. The van der Waals surface area contributed by atoms with Crippen LogP contribution in [-0.2, 0) is 11.3 Å². The van der Waals surface area contributed by atoms with Crippen molar-refractivity contribution in [2.24, 2.45) is 5.92 Å². The summed E-state index contributed by atoms with van der Waals surface area (Å²) in [5.41, 5.74) is 3.22. The van der Waals surface area contributed by atoms with E-state index in [1.165, 1.54) is 5.39 Å². The fourth-order valence-corrected chi connectivity index (χ4v) is 4.50. The van der Waals surface area contributed by atoms with Gasteiger partial charge in [0.1, 0.15) is 17.8 Å². The molecule has 0 aliphatic carbocycles. The summed E-state index contributed by atoms with van der Waals surface area (Å²) in [6.07, 6.45) is 1.95. The Labute approximate surface area is 165 Å². The Morgan fingerprint density at radius 3 is 2.46 bits per heavy atom. The minimum Gasteiger partial charge on any atom is -0.496 e. The second-order valence-corrected chi connectivity index (χ2v) is 7.49. The number of carbonyl (C=O) groups is 1. The lowest BCUT2D eigenvalue weighted by Crippen LogP contribution is -2.34. The molecule has 2 heterocycles. The van der Waals surface area contributed by atoms with E-state index < -0.39 is 0 Å². The zero-order valence-corrected chi connectivity index (χ0v) is 16.5. The largest absolute Gasteiger partial charge is 0.496 e. The summed E-state index contributed by atoms with van der Waals surface area (Å²) in [5.74, 6) is 1.84. The number of ether oxygens (including phenoxy) is 2. The fraction of sp³-hybridized carbons (Fsp3) is 0.348. The summed E-state index contributed by atoms with van der Waals surface area (Å²) in [6, 6.07) is 16.1. The van der Waals surface area contributed by atoms with Gasteiger partial charge in [-0.15, -0.1) is 0 Å². The monoisotopic (exact) mass is 378 g/mol. The van der Waals surface area contributed by atoms with Gasteiger partial charge in [-0.1, -0.05) is 31.2 Å². The number of aldehydes is 1. The highest BCUT2D eigenvalue weighted by Crippen LogP contribution is 2.46. The van der Waals surface area contributed by atoms with E-state index in [2.05, 4.69) is 35.0 Å². The molecule has 3 atom stereocenters. The lowest BCUT2D eigenvalue weighted by atomic mass is 9.97. The molecule has 2 aromatic carbocycles. The first-order chi connectivity index (χ1) is 13.7. The van der Waals surface area contributed by atoms with Gasteiger partial charge in [0.25, 0.3) is 0 Å². The number of rotatable bonds is 6. The first kappa shape index (κ1) is 18.6. The fourth-order valence-electron chi connectivity index (χ4n) is 4.50. The molecule has 5 heteroatoms. The first-order valence-electron chi connectivity index (χ1n) is 9.64. The van der Waals surface area contributed by atoms with E-state index in [9.17, 15) is 4.79 Å². The van der Waals surface area contributed by atoms with Crippen LogP contribution in [0, 0.1) is 5.92 Å². The molecule has 28 heavy (non-hydrogen) atoms. The predicted molar refractivity (Wildman–Crippen MR) is 110 cm³/mol. The van der Waals surface area contributed by atoms with Crippen LogP contribution in [-0.4, -0.2) is 36.4 Å². The highest BCUT2D eigenvalue weighted by molar-refractivity contribution is 5.80. The van der Waals surface area contributed by atoms with Crippen molar-refractivity contribution in [1.82, 2.24) is 9.88 Å². The maximum absolute atomic E-state index is 12.0. The molecular weight excluding hydrogens is 352 g/mol. The molecule has 1 aromatic heterocycles. The van der Waals surface area contributed by atoms with Crippen molar-refractivity contribution in [3.63, 3.8) is 0 Å². The standard InChI is InChI=1S/C23H26N2O3/c1-15-11-19(23-21(27-2)9-6-10-22(23)28-3)25(20(15)14-26)13-17-12-16-7-4-5-8-18(16)24-17/h4-10,12,14-15,19-20,24H,11,13H2,1-3H3. The van der Waals surface area contributed by atoms with Crippen molar-refractivity contribution in [3.8, 4) is 11.5 Å². The van der Waals surface area contributed by atoms with Crippen molar-refractivity contribution in [2.75, 3.05) is 14.2 Å². The average molecular weight is 378 g/mol. The molecule has 0 radical (unpaired) electrons. The van der Waals surface area contributed by atoms with Gasteiger partial charge in [0.05, 0.1) is 25.8 Å². The second-order valence-electron chi connectivity index (χ2n) is 7.49. The second kappa shape index (κ2) is 7.68. The Morgan fingerprint density at radius 1 is 1.11 bits per heavy atom. The van der Waals surface area contributed by atoms with Crippen LogP contribution in [0.25, 0.3) is 10.9 Å². The number of carbonyl (C=O) groups excluding carboxylic acids is 1. The van der Waals surface area contributed by atoms with Gasteiger partial charge >= 0.3 is 0 Å². The quantitative estimate of drug-likeness (QED) is 0.649. The first-order valence-corrected chi connectivity index (χ1v) is 9.64. The number of para-hydroxylation sites is 1. The Balaban J connectivity index is 1.75. The van der Waals surface area contributed by atoms with E-state index in [-0.39, 0.29) is 18.0 Å². The molecule has 0 amide bonds. The van der Waals surface area contributed by atoms with Gasteiger partial charge in [-0.05, 0) is 42.0 Å². The van der Waals surface area contributed by atoms with E-state index in [0.29, 0.717) is 6.54 Å². The molecule has 0 saturated carbocycles. The molecule has 1 aliphatic rings. The van der Waals surface area contributed by atoms with Crippen LogP contribution in [0.1, 0.15) is 30.6 Å². The summed E-state index contributed by atoms with van der Waals surface area (Å²) in [7, 11) is 3.35. The average Bonchev–Trinajstić information content (AvgIpc) is 3.27. The van der Waals surface area contributed by atoms with Gasteiger partial charge in [0.2, 0.25) is 0 Å². The highest BCUT2D eigenvalue weighted by Gasteiger charge is 2.41. The van der Waals surface area contributed by atoms with E-state index >= 15 is 0 Å². The lowest BCUT2D eigenvalue weighted by Gasteiger charge is -2.29. The van der Waals surface area contributed by atoms with Crippen LogP contribution in [0.2, 0.25) is 0 Å². The summed E-state index contributed by atoms with van der Waals surface area (Å²) < 4.78 is 11.3. The van der Waals surface area contributed by atoms with Gasteiger partial charge < -0.3 is 19.3 Å². The normalized spacial score (nSPS) is 22.5. The van der Waals surface area contributed by atoms with E-state index in [1.54, 1.807) is 14.2 Å². The third-order valence-corrected chi connectivity index (χ3v) is 5.84. The smallest absolute Gasteiger partial charge is 0.137 e. The molecule has 1 fully saturated rings. The summed E-state index contributed by atoms with van der Waals surface area (Å²) in [6.45, 7) is 2.80. The maximum Gasteiger partial charge on any atom is 0.137 e. The highest BCUT2D eigenvalue weighted by atomic mass is 16.5. The van der Waals surface area contributed by atoms with Crippen LogP contribution in [0.5, 0.6) is 11.5 Å². The van der Waals surface area contributed by atoms with Gasteiger partial charge in [-0.3, -0.25) is 4.90 Å². The number of H-pyrrole nitrogens is 1. The van der Waals surface area contributed by atoms with E-state index in [0.717, 1.165) is 41.0 Å². The summed E-state index contributed by atoms with van der Waals surface area (Å²) >= 11 is 0. The lowest BCUT2D eigenvalue weighted by molar-refractivity contribution is -0.113. The molecule has 0 bridgehead atoms. The zero-order chi connectivity index (χ0) is 19.7. The Hall–Kier alpha value is -2.79. The number of likely N-dealkylation sites (tertiary alicyclic amines) is 1. The molecule has 1 aliphatic heterocycles. The number of fused-ring (bicyclic) bond motifs is 1. The molecule has 146 valence electrons. The Morgan fingerprint density at radius 2 is 1.82 bits per heavy atom. The van der Waals surface area contributed by atoms with Crippen LogP contribution in [0.3, 0.4) is 0 Å². The van der Waals surface area contributed by atoms with Crippen LogP contribution < -0.4 is 9.47 Å². The predicted octanol–water partition coefficient (Wildman–Crippen LogP) is 4.34. The van der Waals surface area contributed by atoms with E-state index in [1.807, 2.05) is 30.3 Å². The third-order valence-electron chi connectivity index (χ3n) is 5.84. The number of nitrogens with zero attached hydrogens (tertiary/aromatic N) is 1. The van der Waals surface area contributed by atoms with Gasteiger partial charge in [0.15, 0.2) is 0 Å². The van der Waals surface area contributed by atoms with Crippen LogP contribution >= 0.6 is 0 Å². The van der Waals surface area contributed by atoms with Gasteiger partial charge in [0, 0.05) is 23.8 Å². The molecule has 0 spiro atoms. The number of aromatic nitrogens is 1. The summed E-state index contributed by atoms with van der Waals surface area (Å²) in [4.78, 5) is 17.7. The number of hydrogen-bond donors (Lipinski definition) is 1. The van der Waals surface area contributed by atoms with Crippen molar-refractivity contribution >= 4 is 17.2 Å². The Kier molecular flexibility index (Phi) is 5.09. The van der Waals surface area contributed by atoms with Crippen molar-refractivity contribution in [3.05, 3.63) is 59.8 Å². The van der Waals surface area contributed by atoms with Gasteiger partial charge in [-0.25, -0.2) is 0 Å². The number of aromatic amines is 1. The number of benzene rings is 2. The van der Waals surface area contributed by atoms with Crippen molar-refractivity contribution < 1.29 is 14.3 Å². The molecule has 4 rings (SSSR count). The molecule has 1 saturated heterocycles. The summed E-state index contributed by atoms with van der Waals surface area (Å²) in [5, 5.41) is 1.18. The third kappa shape index (κ3) is 3.16. The minimum atomic E-state index is -0.147. The van der Waals surface area contributed by atoms with Crippen molar-refractivity contribution in [1.29, 1.82) is 0 Å². The van der Waals surface area contributed by atoms with E-state index in [4.69, 9.17) is 9.47 Å². The van der Waals surface area contributed by atoms with Gasteiger partial charge in [-0.2, -0.15) is 0 Å². The SMILES string of the molecule is COc1cccc(OC)c1C1CC(C)C(C=O)N1Cc1cc2ccccc2[nH]1. The number of methoxy groups -OCH3 is 2. The zero-order valence-electron chi connectivity index (χ0n) is 16.5. The van der Waals surface area contributed by atoms with Crippen molar-refractivity contribution in [2.45, 2.75) is 32.0 Å². The molecule has 3 unspecified atom stereocenters. The minimum absolute atomic E-state index is 0.0442.